The molecular formula is C60H94N2O8. The maximum atomic E-state index is 13.2. The average Bonchev–Trinajstić information content (AvgIpc) is 3.27. The first-order valence-corrected chi connectivity index (χ1v) is 27.8. The molecule has 0 aliphatic heterocycles. The van der Waals surface area contributed by atoms with Crippen LogP contribution in [-0.4, -0.2) is 55.5 Å². The van der Waals surface area contributed by atoms with Gasteiger partial charge in [0, 0.05) is 5.41 Å². The Bertz CT molecular complexity index is 2290. The number of allylic oxidation sites excluding steroid dienone is 6. The van der Waals surface area contributed by atoms with E-state index in [-0.39, 0.29) is 89.8 Å². The molecule has 7 fully saturated rings. The highest BCUT2D eigenvalue weighted by Gasteiger charge is 2.72. The largest absolute Gasteiger partial charge is 0.505 e. The number of ketones is 1. The smallest absolute Gasteiger partial charge is 0.250 e. The van der Waals surface area contributed by atoms with Gasteiger partial charge in [-0.1, -0.05) is 120 Å². The summed E-state index contributed by atoms with van der Waals surface area (Å²) in [5, 5.41) is 52.1. The fourth-order valence-corrected chi connectivity index (χ4v) is 21.1. The lowest BCUT2D eigenvalue weighted by Crippen LogP contribution is -2.67. The second-order valence-corrected chi connectivity index (χ2v) is 30.1. The zero-order chi connectivity index (χ0) is 51.6. The van der Waals surface area contributed by atoms with Gasteiger partial charge in [0.15, 0.2) is 5.76 Å². The number of carbonyl (C=O) groups is 3. The second kappa shape index (κ2) is 16.0. The van der Waals surface area contributed by atoms with Crippen molar-refractivity contribution < 1.29 is 40.1 Å². The summed E-state index contributed by atoms with van der Waals surface area (Å²) in [6.07, 6.45) is 21.3. The van der Waals surface area contributed by atoms with Crippen molar-refractivity contribution in [1.82, 2.24) is 11.0 Å². The first kappa shape index (κ1) is 52.3. The van der Waals surface area contributed by atoms with Crippen LogP contribution in [0.15, 0.2) is 35.1 Å². The van der Waals surface area contributed by atoms with Crippen LogP contribution < -0.4 is 11.0 Å². The maximum absolute atomic E-state index is 13.2. The third-order valence-electron chi connectivity index (χ3n) is 25.6. The van der Waals surface area contributed by atoms with Crippen LogP contribution in [0.1, 0.15) is 206 Å². The predicted octanol–water partition coefficient (Wildman–Crippen LogP) is 12.1. The zero-order valence-corrected chi connectivity index (χ0v) is 45.8. The van der Waals surface area contributed by atoms with E-state index in [9.17, 15) is 40.1 Å². The number of hydroxylamine groups is 2. The number of carbonyl (C=O) groups excluding carboxylic acids is 3. The minimum Gasteiger partial charge on any atom is -0.505 e. The number of hydrogen-bond donors (Lipinski definition) is 7. The number of hydrogen-bond acceptors (Lipinski definition) is 8. The number of nitrogens with one attached hydrogen (secondary N) is 2. The first-order valence-electron chi connectivity index (χ1n) is 27.8. The van der Waals surface area contributed by atoms with Gasteiger partial charge in [0.25, 0.3) is 0 Å². The molecule has 10 rings (SSSR count). The van der Waals surface area contributed by atoms with E-state index in [4.69, 9.17) is 0 Å². The van der Waals surface area contributed by atoms with Crippen LogP contribution in [0.5, 0.6) is 0 Å². The van der Waals surface area contributed by atoms with E-state index in [1.54, 1.807) is 0 Å². The van der Waals surface area contributed by atoms with Gasteiger partial charge in [-0.25, -0.2) is 11.0 Å². The molecular weight excluding hydrogens is 877 g/mol. The standard InChI is InChI=1S/C30H49NO4.C30H45NO4/c2*1-25(2)12-14-30(24(34)31-35)15-13-28(6)18(19(30)16-25)8-9-22-27(5)17-20(32)23(33)26(3,4)21(27)10-11-29(22,28)7/h8,19-23,32-33,35H,9-17H2,1-7H3,(H,31,34);8,17,19,21-22,32,35H,9-16H2,1-7H3,(H,31,34)/t19-,20+,21-,22+,23-,27-,28+,29+,30-;19-,21-,22+,27-,28+,29+,30-/m00/s1. The van der Waals surface area contributed by atoms with Gasteiger partial charge >= 0.3 is 0 Å². The molecule has 392 valence electrons. The summed E-state index contributed by atoms with van der Waals surface area (Å²) < 4.78 is 0. The highest BCUT2D eigenvalue weighted by molar-refractivity contribution is 5.98. The molecule has 0 radical (unpaired) electrons. The summed E-state index contributed by atoms with van der Waals surface area (Å²) in [7, 11) is 0. The van der Waals surface area contributed by atoms with Crippen LogP contribution in [0.4, 0.5) is 0 Å². The SMILES string of the molecule is CC1(C)CC[C@]2(C(=O)NO)CC[C@]3(C)C(=CC[C@@H]4[C@@]5(C)C=C(O)C(=O)C(C)(C)[C@@H]5CC[C@]43C)[C@@H]2C1.CC1(C)CC[C@]2(C(=O)NO)CC[C@]3(C)C(=CC[C@@H]4[C@@]5(C)C[C@@H](O)[C@H](O)C(C)(C)[C@@H]5CC[C@]43C)[C@@H]2C1. The molecule has 70 heavy (non-hydrogen) atoms. The van der Waals surface area contributed by atoms with E-state index in [1.807, 2.05) is 19.9 Å². The van der Waals surface area contributed by atoms with Crippen molar-refractivity contribution in [3.05, 3.63) is 35.1 Å². The lowest BCUT2D eigenvalue weighted by molar-refractivity contribution is -0.231. The van der Waals surface area contributed by atoms with Crippen molar-refractivity contribution in [1.29, 1.82) is 0 Å². The second-order valence-electron chi connectivity index (χ2n) is 30.1. The lowest BCUT2D eigenvalue weighted by Gasteiger charge is -2.71. The Labute approximate surface area is 421 Å². The monoisotopic (exact) mass is 971 g/mol. The molecule has 0 heterocycles. The molecule has 0 aromatic rings. The zero-order valence-electron chi connectivity index (χ0n) is 45.8. The van der Waals surface area contributed by atoms with Crippen LogP contribution in [-0.2, 0) is 14.4 Å². The van der Waals surface area contributed by atoms with Crippen LogP contribution >= 0.6 is 0 Å². The molecule has 0 saturated heterocycles. The third kappa shape index (κ3) is 6.70. The number of Topliss-reactive ketones (excluding diaryl/α,β-unsaturated/α-hetero) is 1. The summed E-state index contributed by atoms with van der Waals surface area (Å²) >= 11 is 0. The van der Waals surface area contributed by atoms with Gasteiger partial charge in [-0.3, -0.25) is 24.8 Å². The Kier molecular flexibility index (Phi) is 12.0. The number of fused-ring (bicyclic) bond motifs is 14. The average molecular weight is 971 g/mol. The maximum Gasteiger partial charge on any atom is 0.250 e. The molecule has 10 aliphatic rings. The first-order chi connectivity index (χ1) is 32.2. The Morgan fingerprint density at radius 1 is 0.557 bits per heavy atom. The molecule has 0 spiro atoms. The van der Waals surface area contributed by atoms with Crippen molar-refractivity contribution in [3.63, 3.8) is 0 Å². The van der Waals surface area contributed by atoms with E-state index >= 15 is 0 Å². The molecule has 10 nitrogen and oxygen atoms in total. The van der Waals surface area contributed by atoms with E-state index in [2.05, 4.69) is 106 Å². The summed E-state index contributed by atoms with van der Waals surface area (Å²) in [4.78, 5) is 39.3. The highest BCUT2D eigenvalue weighted by Crippen LogP contribution is 2.78. The van der Waals surface area contributed by atoms with Crippen LogP contribution in [0, 0.1) is 100 Å². The number of rotatable bonds is 2. The van der Waals surface area contributed by atoms with E-state index in [1.165, 1.54) is 11.1 Å². The van der Waals surface area contributed by atoms with Crippen LogP contribution in [0.3, 0.4) is 0 Å². The van der Waals surface area contributed by atoms with Gasteiger partial charge in [0.1, 0.15) is 0 Å². The molecule has 16 atom stereocenters. The van der Waals surface area contributed by atoms with Crippen molar-refractivity contribution in [2.75, 3.05) is 0 Å². The lowest BCUT2D eigenvalue weighted by atomic mass is 9.33. The molecule has 0 aromatic heterocycles. The topological polar surface area (TPSA) is 176 Å². The van der Waals surface area contributed by atoms with Crippen molar-refractivity contribution >= 4 is 17.6 Å². The summed E-state index contributed by atoms with van der Waals surface area (Å²) in [6.45, 7) is 32.2. The minimum atomic E-state index is -0.682. The van der Waals surface area contributed by atoms with E-state index < -0.39 is 28.5 Å². The van der Waals surface area contributed by atoms with Gasteiger partial charge in [0.2, 0.25) is 17.6 Å². The Morgan fingerprint density at radius 2 is 0.986 bits per heavy atom. The number of aliphatic hydroxyl groups excluding tert-OH is 3. The van der Waals surface area contributed by atoms with Crippen molar-refractivity contribution in [3.8, 4) is 0 Å². The van der Waals surface area contributed by atoms with Crippen LogP contribution in [0.2, 0.25) is 0 Å². The predicted molar refractivity (Wildman–Crippen MR) is 272 cm³/mol. The minimum absolute atomic E-state index is 0.000970. The number of amides is 2. The Morgan fingerprint density at radius 3 is 1.46 bits per heavy atom. The van der Waals surface area contributed by atoms with Crippen molar-refractivity contribution in [2.24, 2.45) is 100 Å². The summed E-state index contributed by atoms with van der Waals surface area (Å²) in [6, 6.07) is 0. The van der Waals surface area contributed by atoms with E-state index in [0.29, 0.717) is 24.2 Å². The summed E-state index contributed by atoms with van der Waals surface area (Å²) in [5.41, 5.74) is 5.14. The molecule has 10 heteroatoms. The molecule has 7 saturated carbocycles. The molecule has 0 unspecified atom stereocenters. The molecule has 2 amide bonds. The van der Waals surface area contributed by atoms with Gasteiger partial charge < -0.3 is 15.3 Å². The Hall–Kier alpha value is -2.53. The summed E-state index contributed by atoms with van der Waals surface area (Å²) in [5.74, 6) is 1.04. The van der Waals surface area contributed by atoms with Crippen molar-refractivity contribution in [2.45, 2.75) is 218 Å². The fourth-order valence-electron chi connectivity index (χ4n) is 21.1. The highest BCUT2D eigenvalue weighted by atomic mass is 16.5. The molecule has 10 aliphatic carbocycles. The van der Waals surface area contributed by atoms with E-state index in [0.717, 1.165) is 103 Å². The van der Waals surface area contributed by atoms with Gasteiger partial charge in [-0.2, -0.15) is 0 Å². The molecule has 0 aromatic carbocycles. The van der Waals surface area contributed by atoms with Crippen LogP contribution in [0.25, 0.3) is 0 Å². The van der Waals surface area contributed by atoms with Gasteiger partial charge in [-0.05, 0) is 199 Å². The van der Waals surface area contributed by atoms with Gasteiger partial charge in [-0.15, -0.1) is 0 Å². The third-order valence-corrected chi connectivity index (χ3v) is 25.6. The normalized spacial score (nSPS) is 50.0. The quantitative estimate of drug-likeness (QED) is 0.0812. The Balaban J connectivity index is 0.000000174. The fraction of sp³-hybridized carbons (Fsp3) is 0.850. The number of aliphatic hydroxyl groups is 3. The molecule has 0 bridgehead atoms. The molecule has 7 N–H and O–H groups in total. The van der Waals surface area contributed by atoms with Gasteiger partial charge in [0.05, 0.1) is 23.0 Å².